The quantitative estimate of drug-likeness (QED) is 0.674. The summed E-state index contributed by atoms with van der Waals surface area (Å²) in [6.45, 7) is 0. The number of carbonyl (C=O) groups excluding carboxylic acids is 3. The largest absolute Gasteiger partial charge is 0.508 e. The Morgan fingerprint density at radius 2 is 1.76 bits per heavy atom. The van der Waals surface area contributed by atoms with Gasteiger partial charge in [-0.05, 0) is 23.3 Å². The number of methoxy groups -OCH3 is 1. The molecule has 0 aliphatic carbocycles. The van der Waals surface area contributed by atoms with Gasteiger partial charge in [0.15, 0.2) is 0 Å². The van der Waals surface area contributed by atoms with Gasteiger partial charge in [-0.25, -0.2) is 9.59 Å². The molecule has 0 bridgehead atoms. The molecule has 0 amide bonds. The molecule has 6 heteroatoms. The molecule has 0 aromatic heterocycles. The number of ketones is 1. The highest BCUT2D eigenvalue weighted by atomic mass is 16.6. The summed E-state index contributed by atoms with van der Waals surface area (Å²) >= 11 is 0. The summed E-state index contributed by atoms with van der Waals surface area (Å²) in [6.07, 6.45) is 0.00351. The fourth-order valence-corrected chi connectivity index (χ4v) is 3.13. The van der Waals surface area contributed by atoms with Crippen LogP contribution in [0.3, 0.4) is 0 Å². The van der Waals surface area contributed by atoms with Gasteiger partial charge < -0.3 is 14.6 Å². The van der Waals surface area contributed by atoms with Crippen molar-refractivity contribution in [2.75, 3.05) is 7.11 Å². The molecule has 1 aliphatic heterocycles. The number of esters is 2. The van der Waals surface area contributed by atoms with Crippen LogP contribution in [-0.4, -0.2) is 35.5 Å². The fraction of sp³-hybridized carbons (Fsp3) is 0.211. The molecule has 1 heterocycles. The third kappa shape index (κ3) is 2.87. The average Bonchev–Trinajstić information content (AvgIpc) is 2.87. The maximum absolute atomic E-state index is 12.6. The van der Waals surface area contributed by atoms with Crippen LogP contribution in [0.15, 0.2) is 54.6 Å². The van der Waals surface area contributed by atoms with E-state index >= 15 is 0 Å². The van der Waals surface area contributed by atoms with Crippen molar-refractivity contribution in [1.82, 2.24) is 0 Å². The zero-order valence-corrected chi connectivity index (χ0v) is 13.5. The minimum absolute atomic E-state index is 0.00351. The molecule has 0 spiro atoms. The summed E-state index contributed by atoms with van der Waals surface area (Å²) < 4.78 is 10.2. The van der Waals surface area contributed by atoms with Crippen LogP contribution in [-0.2, 0) is 30.3 Å². The third-order valence-corrected chi connectivity index (χ3v) is 4.27. The lowest BCUT2D eigenvalue weighted by Gasteiger charge is -2.30. The van der Waals surface area contributed by atoms with Gasteiger partial charge in [0.05, 0.1) is 7.11 Å². The van der Waals surface area contributed by atoms with Crippen molar-refractivity contribution in [1.29, 1.82) is 0 Å². The molecule has 2 aromatic carbocycles. The lowest BCUT2D eigenvalue weighted by molar-refractivity contribution is -0.173. The van der Waals surface area contributed by atoms with Gasteiger partial charge in [-0.1, -0.05) is 42.5 Å². The van der Waals surface area contributed by atoms with E-state index in [2.05, 4.69) is 0 Å². The molecule has 6 nitrogen and oxygen atoms in total. The van der Waals surface area contributed by atoms with E-state index in [9.17, 15) is 19.5 Å². The zero-order valence-electron chi connectivity index (χ0n) is 13.5. The molecule has 1 N–H and O–H groups in total. The van der Waals surface area contributed by atoms with Crippen LogP contribution in [0.4, 0.5) is 0 Å². The number of hydrogen-bond donors (Lipinski definition) is 1. The van der Waals surface area contributed by atoms with Crippen molar-refractivity contribution in [3.05, 3.63) is 65.7 Å². The topological polar surface area (TPSA) is 89.9 Å². The lowest BCUT2D eigenvalue weighted by Crippen LogP contribution is -2.47. The van der Waals surface area contributed by atoms with Crippen LogP contribution in [0.1, 0.15) is 17.0 Å². The van der Waals surface area contributed by atoms with Crippen LogP contribution < -0.4 is 0 Å². The Kier molecular flexibility index (Phi) is 4.27. The van der Waals surface area contributed by atoms with E-state index in [1.807, 2.05) is 6.07 Å². The second kappa shape index (κ2) is 6.39. The van der Waals surface area contributed by atoms with E-state index in [-0.39, 0.29) is 12.2 Å². The molecular weight excluding hydrogens is 324 g/mol. The van der Waals surface area contributed by atoms with Gasteiger partial charge >= 0.3 is 11.9 Å². The zero-order chi connectivity index (χ0) is 18.0. The highest BCUT2D eigenvalue weighted by Gasteiger charge is 2.61. The number of phenols is 1. The molecule has 1 fully saturated rings. The van der Waals surface area contributed by atoms with Crippen molar-refractivity contribution < 1.29 is 29.0 Å². The first-order valence-electron chi connectivity index (χ1n) is 7.66. The number of rotatable bonds is 4. The predicted octanol–water partition coefficient (Wildman–Crippen LogP) is 1.76. The smallest absolute Gasteiger partial charge is 0.376 e. The first-order valence-corrected chi connectivity index (χ1v) is 7.66. The Hall–Kier alpha value is -3.15. The van der Waals surface area contributed by atoms with E-state index in [0.717, 1.165) is 5.56 Å². The Morgan fingerprint density at radius 1 is 1.12 bits per heavy atom. The van der Waals surface area contributed by atoms with Crippen LogP contribution in [0.25, 0.3) is 0 Å². The average molecular weight is 340 g/mol. The first-order chi connectivity index (χ1) is 12.0. The van der Waals surface area contributed by atoms with Crippen molar-refractivity contribution in [2.45, 2.75) is 17.9 Å². The van der Waals surface area contributed by atoms with E-state index in [0.29, 0.717) is 5.56 Å². The molecule has 128 valence electrons. The van der Waals surface area contributed by atoms with Gasteiger partial charge in [-0.3, -0.25) is 4.79 Å². The molecule has 3 rings (SSSR count). The van der Waals surface area contributed by atoms with Crippen molar-refractivity contribution >= 4 is 17.7 Å². The highest BCUT2D eigenvalue weighted by Crippen LogP contribution is 2.42. The highest BCUT2D eigenvalue weighted by molar-refractivity contribution is 6.39. The lowest BCUT2D eigenvalue weighted by atomic mass is 9.77. The van der Waals surface area contributed by atoms with Crippen molar-refractivity contribution in [3.63, 3.8) is 0 Å². The summed E-state index contributed by atoms with van der Waals surface area (Å²) in [6, 6.07) is 14.7. The summed E-state index contributed by atoms with van der Waals surface area (Å²) in [5, 5.41) is 9.46. The molecule has 2 unspecified atom stereocenters. The molecule has 25 heavy (non-hydrogen) atoms. The molecule has 0 saturated carbocycles. The van der Waals surface area contributed by atoms with Crippen molar-refractivity contribution in [2.24, 2.45) is 0 Å². The predicted molar refractivity (Wildman–Crippen MR) is 86.8 cm³/mol. The Morgan fingerprint density at radius 3 is 2.36 bits per heavy atom. The number of cyclic esters (lactones) is 1. The third-order valence-electron chi connectivity index (χ3n) is 4.27. The summed E-state index contributed by atoms with van der Waals surface area (Å²) in [7, 11) is 1.18. The summed E-state index contributed by atoms with van der Waals surface area (Å²) in [5.74, 6) is -3.82. The summed E-state index contributed by atoms with van der Waals surface area (Å²) in [4.78, 5) is 37.1. The SMILES string of the molecule is COC(=O)C1(Cc2ccccc2)OC(=O)C(=O)C1c1ccc(O)cc1. The number of phenolic OH excluding ortho intramolecular Hbond substituents is 1. The number of hydrogen-bond acceptors (Lipinski definition) is 6. The minimum atomic E-state index is -1.78. The number of aromatic hydroxyl groups is 1. The van der Waals surface area contributed by atoms with Gasteiger partial charge in [0, 0.05) is 6.42 Å². The van der Waals surface area contributed by atoms with E-state index < -0.39 is 29.2 Å². The van der Waals surface area contributed by atoms with E-state index in [1.165, 1.54) is 31.4 Å². The number of Topliss-reactive ketones (excluding diaryl/α,β-unsaturated/α-hetero) is 1. The fourth-order valence-electron chi connectivity index (χ4n) is 3.13. The monoisotopic (exact) mass is 340 g/mol. The van der Waals surface area contributed by atoms with E-state index in [1.54, 1.807) is 24.3 Å². The van der Waals surface area contributed by atoms with E-state index in [4.69, 9.17) is 9.47 Å². The first kappa shape index (κ1) is 16.7. The van der Waals surface area contributed by atoms with Crippen LogP contribution >= 0.6 is 0 Å². The van der Waals surface area contributed by atoms with Crippen LogP contribution in [0.2, 0.25) is 0 Å². The maximum Gasteiger partial charge on any atom is 0.376 e. The molecule has 2 atom stereocenters. The maximum atomic E-state index is 12.6. The van der Waals surface area contributed by atoms with Crippen LogP contribution in [0, 0.1) is 0 Å². The molecule has 0 radical (unpaired) electrons. The molecular formula is C19H16O6. The molecule has 1 saturated heterocycles. The van der Waals surface area contributed by atoms with Gasteiger partial charge in [0.1, 0.15) is 11.7 Å². The van der Waals surface area contributed by atoms with Gasteiger partial charge in [-0.2, -0.15) is 0 Å². The number of carbonyl (C=O) groups is 3. The number of benzene rings is 2. The summed E-state index contributed by atoms with van der Waals surface area (Å²) in [5.41, 5.74) is -0.657. The standard InChI is InChI=1S/C19H16O6/c1-24-18(23)19(11-12-5-3-2-4-6-12)15(16(21)17(22)25-19)13-7-9-14(20)10-8-13/h2-10,15,20H,11H2,1H3. The number of ether oxygens (including phenoxy) is 2. The Bertz CT molecular complexity index is 812. The Balaban J connectivity index is 2.13. The Labute approximate surface area is 144 Å². The second-order valence-electron chi connectivity index (χ2n) is 5.82. The van der Waals surface area contributed by atoms with Crippen LogP contribution in [0.5, 0.6) is 5.75 Å². The molecule has 2 aromatic rings. The van der Waals surface area contributed by atoms with Gasteiger partial charge in [-0.15, -0.1) is 0 Å². The van der Waals surface area contributed by atoms with Gasteiger partial charge in [0.2, 0.25) is 5.60 Å². The normalized spacial score (nSPS) is 22.5. The second-order valence-corrected chi connectivity index (χ2v) is 5.82. The van der Waals surface area contributed by atoms with Gasteiger partial charge in [0.25, 0.3) is 5.78 Å². The van der Waals surface area contributed by atoms with Crippen molar-refractivity contribution in [3.8, 4) is 5.75 Å². The molecule has 1 aliphatic rings. The minimum Gasteiger partial charge on any atom is -0.508 e.